The molecule has 0 saturated heterocycles. The minimum atomic E-state index is -0.625. The third-order valence-electron chi connectivity index (χ3n) is 13.3. The highest BCUT2D eigenvalue weighted by molar-refractivity contribution is 5.86. The Kier molecular flexibility index (Phi) is 5.20. The summed E-state index contributed by atoms with van der Waals surface area (Å²) in [6.45, 7) is 16.0. The Labute approximate surface area is 206 Å². The van der Waals surface area contributed by atoms with Gasteiger partial charge < -0.3 is 10.2 Å². The Morgan fingerprint density at radius 3 is 2.29 bits per heavy atom. The molecule has 0 unspecified atom stereocenters. The van der Waals surface area contributed by atoms with Crippen molar-refractivity contribution in [2.75, 3.05) is 0 Å². The molecule has 4 nitrogen and oxygen atoms in total. The third-order valence-corrected chi connectivity index (χ3v) is 13.3. The van der Waals surface area contributed by atoms with Gasteiger partial charge in [0.05, 0.1) is 11.5 Å². The SMILES string of the molecule is C[C@H]1[C@H](C)CC[C@]2(C(=O)O)CC[C@]3(C)C(=CC[C@@H]4[C@@]5(C)[C@@H](O)CC(=O)C(C)(C)[C@@H]5CC[C@]43C)[C@H]12. The molecular weight excluding hydrogens is 424 g/mol. The van der Waals surface area contributed by atoms with E-state index in [2.05, 4.69) is 54.5 Å². The van der Waals surface area contributed by atoms with Crippen LogP contribution in [0.5, 0.6) is 0 Å². The number of aliphatic hydroxyl groups is 1. The average Bonchev–Trinajstić information content (AvgIpc) is 2.75. The molecule has 0 bridgehead atoms. The van der Waals surface area contributed by atoms with Crippen LogP contribution < -0.4 is 0 Å². The van der Waals surface area contributed by atoms with Crippen molar-refractivity contribution in [2.24, 2.45) is 56.7 Å². The fourth-order valence-corrected chi connectivity index (χ4v) is 10.6. The summed E-state index contributed by atoms with van der Waals surface area (Å²) in [5.74, 6) is 1.09. The third kappa shape index (κ3) is 2.65. The van der Waals surface area contributed by atoms with Crippen molar-refractivity contribution in [2.45, 2.75) is 106 Å². The van der Waals surface area contributed by atoms with E-state index in [1.54, 1.807) is 0 Å². The number of fused-ring (bicyclic) bond motifs is 7. The number of Topliss-reactive ketones (excluding diaryl/α,β-unsaturated/α-hetero) is 1. The molecule has 0 aromatic rings. The lowest BCUT2D eigenvalue weighted by Crippen LogP contribution is -2.68. The highest BCUT2D eigenvalue weighted by Gasteiger charge is 2.71. The summed E-state index contributed by atoms with van der Waals surface area (Å²) in [5, 5.41) is 22.0. The molecule has 34 heavy (non-hydrogen) atoms. The maximum atomic E-state index is 13.0. The van der Waals surface area contributed by atoms with Gasteiger partial charge in [0.25, 0.3) is 0 Å². The number of allylic oxidation sites excluding steroid dienone is 2. The summed E-state index contributed by atoms with van der Waals surface area (Å²) in [6.07, 6.45) is 8.46. The summed E-state index contributed by atoms with van der Waals surface area (Å²) < 4.78 is 0. The number of carbonyl (C=O) groups is 2. The predicted octanol–water partition coefficient (Wildman–Crippen LogP) is 6.27. The molecule has 4 heteroatoms. The van der Waals surface area contributed by atoms with Crippen molar-refractivity contribution in [3.8, 4) is 0 Å². The number of aliphatic carboxylic acids is 1. The van der Waals surface area contributed by atoms with Crippen LogP contribution in [-0.2, 0) is 9.59 Å². The Morgan fingerprint density at radius 1 is 0.971 bits per heavy atom. The molecule has 10 atom stereocenters. The van der Waals surface area contributed by atoms with Gasteiger partial charge in [0.15, 0.2) is 0 Å². The summed E-state index contributed by atoms with van der Waals surface area (Å²) in [5.41, 5.74) is 0.0116. The van der Waals surface area contributed by atoms with E-state index >= 15 is 0 Å². The van der Waals surface area contributed by atoms with Crippen molar-refractivity contribution >= 4 is 11.8 Å². The molecule has 5 aliphatic carbocycles. The predicted molar refractivity (Wildman–Crippen MR) is 133 cm³/mol. The maximum absolute atomic E-state index is 13.0. The monoisotopic (exact) mass is 470 g/mol. The number of carboxylic acid groups (broad SMARTS) is 1. The van der Waals surface area contributed by atoms with E-state index in [4.69, 9.17) is 0 Å². The van der Waals surface area contributed by atoms with Crippen LogP contribution in [0.4, 0.5) is 0 Å². The lowest BCUT2D eigenvalue weighted by Gasteiger charge is -2.71. The van der Waals surface area contributed by atoms with Crippen molar-refractivity contribution in [1.29, 1.82) is 0 Å². The molecule has 0 heterocycles. The van der Waals surface area contributed by atoms with Gasteiger partial charge in [-0.1, -0.05) is 60.1 Å². The van der Waals surface area contributed by atoms with Crippen LogP contribution in [0.3, 0.4) is 0 Å². The lowest BCUT2D eigenvalue weighted by molar-refractivity contribution is -0.217. The molecule has 190 valence electrons. The molecule has 0 aromatic carbocycles. The molecule has 2 N–H and O–H groups in total. The number of ketones is 1. The highest BCUT2D eigenvalue weighted by atomic mass is 16.4. The molecule has 0 aliphatic heterocycles. The normalized spacial score (nSPS) is 54.1. The van der Waals surface area contributed by atoms with Gasteiger partial charge in [-0.25, -0.2) is 0 Å². The van der Waals surface area contributed by atoms with Gasteiger partial charge >= 0.3 is 5.97 Å². The van der Waals surface area contributed by atoms with Crippen LogP contribution in [0.25, 0.3) is 0 Å². The molecule has 0 spiro atoms. The van der Waals surface area contributed by atoms with Gasteiger partial charge in [0.1, 0.15) is 5.78 Å². The Balaban J connectivity index is 1.64. The molecular formula is C30H46O4. The average molecular weight is 471 g/mol. The van der Waals surface area contributed by atoms with Crippen LogP contribution in [0, 0.1) is 56.7 Å². The van der Waals surface area contributed by atoms with Gasteiger partial charge in [-0.15, -0.1) is 0 Å². The minimum Gasteiger partial charge on any atom is -0.481 e. The summed E-state index contributed by atoms with van der Waals surface area (Å²) >= 11 is 0. The second-order valence-electron chi connectivity index (χ2n) is 14.3. The second-order valence-corrected chi connectivity index (χ2v) is 14.3. The maximum Gasteiger partial charge on any atom is 0.310 e. The number of carboxylic acids is 1. The number of hydrogen-bond acceptors (Lipinski definition) is 3. The number of aliphatic hydroxyl groups excluding tert-OH is 1. The highest BCUT2D eigenvalue weighted by Crippen LogP contribution is 2.75. The van der Waals surface area contributed by atoms with Crippen LogP contribution in [0.1, 0.15) is 99.8 Å². The molecule has 0 aromatic heterocycles. The number of carbonyl (C=O) groups excluding carboxylic acids is 1. The van der Waals surface area contributed by atoms with Gasteiger partial charge in [-0.3, -0.25) is 9.59 Å². The van der Waals surface area contributed by atoms with Gasteiger partial charge in [0, 0.05) is 17.3 Å². The minimum absolute atomic E-state index is 0.00908. The molecule has 4 saturated carbocycles. The Morgan fingerprint density at radius 2 is 1.65 bits per heavy atom. The number of hydrogen-bond donors (Lipinski definition) is 2. The molecule has 0 amide bonds. The van der Waals surface area contributed by atoms with E-state index < -0.39 is 22.9 Å². The zero-order valence-corrected chi connectivity index (χ0v) is 22.4. The fraction of sp³-hybridized carbons (Fsp3) is 0.867. The first-order valence-electron chi connectivity index (χ1n) is 13.8. The van der Waals surface area contributed by atoms with E-state index in [0.29, 0.717) is 17.8 Å². The van der Waals surface area contributed by atoms with Gasteiger partial charge in [-0.05, 0) is 85.4 Å². The summed E-state index contributed by atoms with van der Waals surface area (Å²) in [6, 6.07) is 0. The molecule has 4 fully saturated rings. The first-order chi connectivity index (χ1) is 15.7. The smallest absolute Gasteiger partial charge is 0.310 e. The molecule has 5 aliphatic rings. The first kappa shape index (κ1) is 24.5. The molecule has 0 radical (unpaired) electrons. The van der Waals surface area contributed by atoms with Crippen LogP contribution in [-0.4, -0.2) is 28.1 Å². The summed E-state index contributed by atoms with van der Waals surface area (Å²) in [4.78, 5) is 25.7. The van der Waals surface area contributed by atoms with Crippen molar-refractivity contribution in [3.63, 3.8) is 0 Å². The van der Waals surface area contributed by atoms with E-state index in [0.717, 1.165) is 44.9 Å². The van der Waals surface area contributed by atoms with Crippen molar-refractivity contribution in [1.82, 2.24) is 0 Å². The standard InChI is InChI=1S/C30H46O4/c1-17-10-13-30(25(33)34)15-14-27(5)19(24(30)18(17)2)8-9-21-28(27,6)12-11-20-26(3,4)22(31)16-23(32)29(20,21)7/h8,17-18,20-21,23-24,32H,9-16H2,1-7H3,(H,33,34)/t17-,18+,20+,21+,23+,24+,27-,28-,29+,30+/m1/s1. The van der Waals surface area contributed by atoms with E-state index in [-0.39, 0.29) is 40.3 Å². The Bertz CT molecular complexity index is 949. The first-order valence-corrected chi connectivity index (χ1v) is 13.8. The lowest BCUT2D eigenvalue weighted by atomic mass is 9.33. The van der Waals surface area contributed by atoms with Crippen LogP contribution in [0.2, 0.25) is 0 Å². The zero-order chi connectivity index (χ0) is 25.1. The largest absolute Gasteiger partial charge is 0.481 e. The van der Waals surface area contributed by atoms with Crippen molar-refractivity contribution < 1.29 is 19.8 Å². The van der Waals surface area contributed by atoms with Gasteiger partial charge in [-0.2, -0.15) is 0 Å². The van der Waals surface area contributed by atoms with Gasteiger partial charge in [0.2, 0.25) is 0 Å². The Hall–Kier alpha value is -1.16. The topological polar surface area (TPSA) is 74.6 Å². The van der Waals surface area contributed by atoms with E-state index in [9.17, 15) is 19.8 Å². The van der Waals surface area contributed by atoms with Crippen molar-refractivity contribution in [3.05, 3.63) is 11.6 Å². The molecule has 5 rings (SSSR count). The quantitative estimate of drug-likeness (QED) is 0.443. The van der Waals surface area contributed by atoms with Crippen LogP contribution in [0.15, 0.2) is 11.6 Å². The number of rotatable bonds is 1. The summed E-state index contributed by atoms with van der Waals surface area (Å²) in [7, 11) is 0. The zero-order valence-electron chi connectivity index (χ0n) is 22.4. The van der Waals surface area contributed by atoms with Crippen LogP contribution >= 0.6 is 0 Å². The van der Waals surface area contributed by atoms with E-state index in [1.165, 1.54) is 5.57 Å². The second kappa shape index (κ2) is 7.20. The fourth-order valence-electron chi connectivity index (χ4n) is 10.6. The van der Waals surface area contributed by atoms with E-state index in [1.807, 2.05) is 0 Å².